The molecule has 7 rings (SSSR count). The van der Waals surface area contributed by atoms with Crippen LogP contribution in [0, 0.1) is 27.7 Å². The van der Waals surface area contributed by atoms with E-state index in [2.05, 4.69) is 80.0 Å². The number of hydrogen-bond acceptors (Lipinski definition) is 12. The molecule has 0 atom stereocenters. The van der Waals surface area contributed by atoms with Gasteiger partial charge in [-0.25, -0.2) is 15.0 Å². The fraction of sp³-hybridized carbons (Fsp3) is 0.360. The Labute approximate surface area is 389 Å². The van der Waals surface area contributed by atoms with E-state index in [1.807, 2.05) is 90.6 Å². The SMILES string of the molecule is Cc1ccc2c(c1)NC(=O)C/C(=C\N(C)C)C2=O.Cc1ccc2c(c1)NC(=O)Cc1cnc(Nc3cc(CCCN(C)C)cnc3C)nc1-2.Cc1ncc(CCCN(C)C)cc1N=C(N)N. The third-order valence-electron chi connectivity index (χ3n) is 10.6. The van der Waals surface area contributed by atoms with Crippen LogP contribution in [0.1, 0.15) is 68.8 Å². The number of hydrogen-bond donors (Lipinski definition) is 5. The molecule has 0 saturated carbocycles. The van der Waals surface area contributed by atoms with Crippen LogP contribution in [0.25, 0.3) is 11.3 Å². The van der Waals surface area contributed by atoms with Crippen LogP contribution in [-0.4, -0.2) is 114 Å². The molecule has 2 aliphatic rings. The Bertz CT molecular complexity index is 2600. The molecule has 16 heteroatoms. The van der Waals surface area contributed by atoms with Gasteiger partial charge in [-0.15, -0.1) is 0 Å². The molecule has 5 aromatic rings. The van der Waals surface area contributed by atoms with Crippen LogP contribution in [-0.2, 0) is 28.9 Å². The molecule has 7 N–H and O–H groups in total. The average Bonchev–Trinajstić information content (AvgIpc) is 3.44. The number of aromatic nitrogens is 4. The van der Waals surface area contributed by atoms with E-state index in [9.17, 15) is 14.4 Å². The number of anilines is 4. The summed E-state index contributed by atoms with van der Waals surface area (Å²) >= 11 is 0. The van der Waals surface area contributed by atoms with Gasteiger partial charge in [0.2, 0.25) is 17.8 Å². The Morgan fingerprint density at radius 3 is 1.86 bits per heavy atom. The molecular weight excluding hydrogens is 831 g/mol. The van der Waals surface area contributed by atoms with Crippen molar-refractivity contribution in [2.45, 2.75) is 66.2 Å². The number of pyridine rings is 2. The van der Waals surface area contributed by atoms with Gasteiger partial charge in [0.15, 0.2) is 11.7 Å². The number of nitrogens with two attached hydrogens (primary N) is 2. The van der Waals surface area contributed by atoms with Crippen LogP contribution in [0.15, 0.2) is 83.9 Å². The van der Waals surface area contributed by atoms with Crippen LogP contribution in [0.3, 0.4) is 0 Å². The zero-order valence-electron chi connectivity index (χ0n) is 40.0. The first-order valence-electron chi connectivity index (χ1n) is 22.0. The minimum absolute atomic E-state index is 0.0552. The summed E-state index contributed by atoms with van der Waals surface area (Å²) in [6, 6.07) is 15.6. The second kappa shape index (κ2) is 23.2. The Morgan fingerprint density at radius 1 is 0.712 bits per heavy atom. The number of aryl methyl sites for hydroxylation is 6. The summed E-state index contributed by atoms with van der Waals surface area (Å²) in [6.07, 6.45) is 11.8. The number of nitrogens with zero attached hydrogens (tertiary/aromatic N) is 8. The normalized spacial score (nSPS) is 13.4. The number of benzene rings is 2. The standard InChI is InChI=1S/C24H28N6O.C14H16N2O2.C12H21N5/c1-15-7-8-19-21(10-15)27-22(31)12-18-14-26-24(29-23(18)19)28-20-11-17(13-25-16(20)2)6-5-9-30(3)4;1-9-4-5-11-12(6-9)15-13(17)7-10(14(11)18)8-16(2)3;1-9-11(16-12(13)14)7-10(8-15-9)5-4-6-17(2)3/h7-8,10-11,13-14H,5-6,9,12H2,1-4H3,(H,27,31)(H,26,28,29);4-6,8H,7H2,1-3H3,(H,15,17);7-8H,4-6H2,1-3H3,(H4,13,14,16)/b;10-8+;. The first-order chi connectivity index (χ1) is 31.3. The smallest absolute Gasteiger partial charge is 0.229 e. The lowest BCUT2D eigenvalue weighted by molar-refractivity contribution is -0.116. The third kappa shape index (κ3) is 14.8. The van der Waals surface area contributed by atoms with Gasteiger partial charge in [0.1, 0.15) is 0 Å². The lowest BCUT2D eigenvalue weighted by Crippen LogP contribution is -2.22. The van der Waals surface area contributed by atoms with Gasteiger partial charge in [-0.05, 0) is 147 Å². The van der Waals surface area contributed by atoms with Gasteiger partial charge in [-0.2, -0.15) is 0 Å². The van der Waals surface area contributed by atoms with E-state index in [1.165, 1.54) is 5.56 Å². The van der Waals surface area contributed by atoms with Crippen LogP contribution in [0.2, 0.25) is 0 Å². The maximum Gasteiger partial charge on any atom is 0.229 e. The summed E-state index contributed by atoms with van der Waals surface area (Å²) in [5.74, 6) is 0.272. The molecule has 0 fully saturated rings. The number of carbonyl (C=O) groups is 3. The summed E-state index contributed by atoms with van der Waals surface area (Å²) < 4.78 is 0. The lowest BCUT2D eigenvalue weighted by Gasteiger charge is -2.13. The largest absolute Gasteiger partial charge is 0.383 e. The Balaban J connectivity index is 0.000000200. The molecule has 0 saturated heterocycles. The van der Waals surface area contributed by atoms with Crippen molar-refractivity contribution in [1.82, 2.24) is 34.6 Å². The minimum atomic E-state index is -0.152. The van der Waals surface area contributed by atoms with Crippen LogP contribution in [0.4, 0.5) is 28.7 Å². The van der Waals surface area contributed by atoms with Crippen molar-refractivity contribution < 1.29 is 14.4 Å². The molecule has 2 amide bonds. The van der Waals surface area contributed by atoms with E-state index < -0.39 is 0 Å². The molecule has 0 aliphatic carbocycles. The summed E-state index contributed by atoms with van der Waals surface area (Å²) in [7, 11) is 12.0. The molecule has 0 unspecified atom stereocenters. The predicted octanol–water partition coefficient (Wildman–Crippen LogP) is 6.64. The molecule has 0 radical (unpaired) electrons. The van der Waals surface area contributed by atoms with E-state index in [0.29, 0.717) is 22.8 Å². The van der Waals surface area contributed by atoms with Gasteiger partial charge in [-0.3, -0.25) is 24.4 Å². The van der Waals surface area contributed by atoms with Gasteiger partial charge in [-0.1, -0.05) is 18.2 Å². The van der Waals surface area contributed by atoms with Crippen molar-refractivity contribution in [3.8, 4) is 11.3 Å². The van der Waals surface area contributed by atoms with Gasteiger partial charge < -0.3 is 42.1 Å². The number of carbonyl (C=O) groups excluding carboxylic acids is 3. The first-order valence-corrected chi connectivity index (χ1v) is 22.0. The molecule has 3 aromatic heterocycles. The molecular formula is C50H65N13O3. The predicted molar refractivity (Wildman–Crippen MR) is 266 cm³/mol. The van der Waals surface area contributed by atoms with Crippen LogP contribution < -0.4 is 27.4 Å². The monoisotopic (exact) mass is 896 g/mol. The van der Waals surface area contributed by atoms with E-state index in [4.69, 9.17) is 16.5 Å². The molecule has 2 aromatic carbocycles. The Hall–Kier alpha value is -7.04. The zero-order chi connectivity index (χ0) is 48.1. The number of guanidine groups is 1. The number of ketones is 1. The number of rotatable bonds is 12. The van der Waals surface area contributed by atoms with Crippen molar-refractivity contribution >= 4 is 52.3 Å². The maximum atomic E-state index is 12.3. The number of fused-ring (bicyclic) bond motifs is 4. The van der Waals surface area contributed by atoms with Crippen molar-refractivity contribution in [1.29, 1.82) is 0 Å². The highest BCUT2D eigenvalue weighted by atomic mass is 16.2. The second-order valence-electron chi connectivity index (χ2n) is 17.5. The van der Waals surface area contributed by atoms with E-state index in [1.54, 1.807) is 23.4 Å². The molecule has 2 aliphatic heterocycles. The van der Waals surface area contributed by atoms with Crippen molar-refractivity contribution in [3.05, 3.63) is 124 Å². The van der Waals surface area contributed by atoms with Gasteiger partial charge in [0, 0.05) is 61.1 Å². The quantitative estimate of drug-likeness (QED) is 0.0506. The van der Waals surface area contributed by atoms with Crippen LogP contribution >= 0.6 is 0 Å². The van der Waals surface area contributed by atoms with Crippen molar-refractivity contribution in [3.63, 3.8) is 0 Å². The fourth-order valence-corrected chi connectivity index (χ4v) is 7.27. The Kier molecular flexibility index (Phi) is 17.6. The molecule has 5 heterocycles. The van der Waals surface area contributed by atoms with Gasteiger partial charge in [0.25, 0.3) is 0 Å². The Morgan fingerprint density at radius 2 is 1.27 bits per heavy atom. The zero-order valence-corrected chi connectivity index (χ0v) is 40.0. The number of amides is 2. The molecule has 0 bridgehead atoms. The summed E-state index contributed by atoms with van der Waals surface area (Å²) in [5.41, 5.74) is 23.5. The number of nitrogens with one attached hydrogen (secondary N) is 3. The van der Waals surface area contributed by atoms with E-state index in [-0.39, 0.29) is 36.4 Å². The van der Waals surface area contributed by atoms with Gasteiger partial charge in [0.05, 0.1) is 52.7 Å². The molecule has 0 spiro atoms. The lowest BCUT2D eigenvalue weighted by atomic mass is 10.0. The first kappa shape index (κ1) is 50.0. The van der Waals surface area contributed by atoms with Crippen LogP contribution in [0.5, 0.6) is 0 Å². The number of Topliss-reactive ketones (excluding diaryl/α,β-unsaturated/α-hetero) is 1. The van der Waals surface area contributed by atoms with Crippen molar-refractivity contribution in [2.75, 3.05) is 71.3 Å². The van der Waals surface area contributed by atoms with Crippen molar-refractivity contribution in [2.24, 2.45) is 16.5 Å². The van der Waals surface area contributed by atoms with E-state index >= 15 is 0 Å². The average molecular weight is 896 g/mol. The molecule has 348 valence electrons. The highest BCUT2D eigenvalue weighted by Crippen LogP contribution is 2.34. The highest BCUT2D eigenvalue weighted by Gasteiger charge is 2.25. The molecule has 66 heavy (non-hydrogen) atoms. The maximum absolute atomic E-state index is 12.3. The highest BCUT2D eigenvalue weighted by molar-refractivity contribution is 6.18. The summed E-state index contributed by atoms with van der Waals surface area (Å²) in [6.45, 7) is 9.90. The fourth-order valence-electron chi connectivity index (χ4n) is 7.27. The topological polar surface area (TPSA) is 213 Å². The number of aliphatic imine (C=N–C) groups is 1. The molecule has 16 nitrogen and oxygen atoms in total. The second-order valence-corrected chi connectivity index (χ2v) is 17.5. The third-order valence-corrected chi connectivity index (χ3v) is 10.6. The van der Waals surface area contributed by atoms with Gasteiger partial charge >= 0.3 is 0 Å². The minimum Gasteiger partial charge on any atom is -0.383 e. The van der Waals surface area contributed by atoms with E-state index in [0.717, 1.165) is 101 Å². The summed E-state index contributed by atoms with van der Waals surface area (Å²) in [5, 5.41) is 9.10. The summed E-state index contributed by atoms with van der Waals surface area (Å²) in [4.78, 5) is 64.7.